The largest absolute Gasteiger partial charge is 0.497 e. The van der Waals surface area contributed by atoms with Gasteiger partial charge in [-0.15, -0.1) is 0 Å². The van der Waals surface area contributed by atoms with Crippen molar-refractivity contribution in [2.75, 3.05) is 13.7 Å². The van der Waals surface area contributed by atoms with Crippen molar-refractivity contribution in [2.45, 2.75) is 6.42 Å². The number of carbonyl (C=O) groups is 1. The molecule has 0 saturated carbocycles. The molecule has 1 atom stereocenters. The van der Waals surface area contributed by atoms with Crippen molar-refractivity contribution >= 4 is 27.8 Å². The van der Waals surface area contributed by atoms with E-state index in [1.807, 2.05) is 48.6 Å². The summed E-state index contributed by atoms with van der Waals surface area (Å²) in [6.45, 7) is -0.0606. The molecule has 23 heavy (non-hydrogen) atoms. The van der Waals surface area contributed by atoms with Gasteiger partial charge in [0.2, 0.25) is 0 Å². The van der Waals surface area contributed by atoms with Gasteiger partial charge in [0.1, 0.15) is 5.75 Å². The molecule has 2 aromatic rings. The molecular formula is C19H19BrO3. The van der Waals surface area contributed by atoms with Crippen molar-refractivity contribution in [1.82, 2.24) is 0 Å². The van der Waals surface area contributed by atoms with Crippen LogP contribution >= 0.6 is 15.9 Å². The van der Waals surface area contributed by atoms with Crippen LogP contribution < -0.4 is 4.74 Å². The van der Waals surface area contributed by atoms with Crippen LogP contribution in [0.2, 0.25) is 0 Å². The highest BCUT2D eigenvalue weighted by molar-refractivity contribution is 9.10. The molecule has 0 fully saturated rings. The van der Waals surface area contributed by atoms with Gasteiger partial charge in [0.15, 0.2) is 5.78 Å². The van der Waals surface area contributed by atoms with Crippen LogP contribution in [0.3, 0.4) is 0 Å². The van der Waals surface area contributed by atoms with Gasteiger partial charge in [0.05, 0.1) is 7.11 Å². The number of aliphatic hydroxyl groups is 1. The lowest BCUT2D eigenvalue weighted by Crippen LogP contribution is -2.10. The molecule has 0 radical (unpaired) electrons. The first-order chi connectivity index (χ1) is 11.1. The van der Waals surface area contributed by atoms with E-state index in [2.05, 4.69) is 15.9 Å². The zero-order valence-corrected chi connectivity index (χ0v) is 14.5. The normalized spacial score (nSPS) is 12.3. The minimum atomic E-state index is -0.201. The first-order valence-electron chi connectivity index (χ1n) is 7.34. The maximum Gasteiger partial charge on any atom is 0.163 e. The molecule has 0 aliphatic rings. The summed E-state index contributed by atoms with van der Waals surface area (Å²) in [6.07, 6.45) is 4.07. The van der Waals surface area contributed by atoms with Crippen LogP contribution in [0.25, 0.3) is 6.08 Å². The van der Waals surface area contributed by atoms with Gasteiger partial charge < -0.3 is 9.84 Å². The predicted molar refractivity (Wildman–Crippen MR) is 95.7 cm³/mol. The van der Waals surface area contributed by atoms with Crippen molar-refractivity contribution < 1.29 is 14.6 Å². The van der Waals surface area contributed by atoms with Gasteiger partial charge in [-0.3, -0.25) is 4.79 Å². The number of ketones is 1. The Morgan fingerprint density at radius 1 is 1.17 bits per heavy atom. The zero-order valence-electron chi connectivity index (χ0n) is 12.9. The predicted octanol–water partition coefficient (Wildman–Crippen LogP) is 4.35. The Morgan fingerprint density at radius 3 is 2.39 bits per heavy atom. The second-order valence-electron chi connectivity index (χ2n) is 5.21. The van der Waals surface area contributed by atoms with Gasteiger partial charge in [-0.05, 0) is 29.8 Å². The van der Waals surface area contributed by atoms with E-state index < -0.39 is 0 Å². The number of aliphatic hydroxyl groups excluding tert-OH is 1. The molecule has 0 aliphatic carbocycles. The van der Waals surface area contributed by atoms with Crippen molar-refractivity contribution in [2.24, 2.45) is 5.92 Å². The maximum atomic E-state index is 12.2. The molecule has 1 N–H and O–H groups in total. The van der Waals surface area contributed by atoms with E-state index in [9.17, 15) is 9.90 Å². The average molecular weight is 375 g/mol. The summed E-state index contributed by atoms with van der Waals surface area (Å²) in [7, 11) is 1.63. The summed E-state index contributed by atoms with van der Waals surface area (Å²) < 4.78 is 6.05. The third-order valence-corrected chi connectivity index (χ3v) is 4.05. The van der Waals surface area contributed by atoms with E-state index in [1.165, 1.54) is 0 Å². The fourth-order valence-electron chi connectivity index (χ4n) is 2.15. The van der Waals surface area contributed by atoms with Gasteiger partial charge in [0.25, 0.3) is 0 Å². The van der Waals surface area contributed by atoms with Gasteiger partial charge in [-0.25, -0.2) is 0 Å². The average Bonchev–Trinajstić information content (AvgIpc) is 2.59. The lowest BCUT2D eigenvalue weighted by molar-refractivity contribution is 0.0952. The standard InChI is InChI=1S/C19H19BrO3/c1-23-18-10-4-14(5-11-18)2-3-15(13-21)12-19(22)16-6-8-17(20)9-7-16/h2-11,15,21H,12-13H2,1H3/b3-2+/t15-/m1/s1. The van der Waals surface area contributed by atoms with Crippen LogP contribution in [0.1, 0.15) is 22.3 Å². The van der Waals surface area contributed by atoms with Crippen LogP contribution in [-0.4, -0.2) is 24.6 Å². The number of hydrogen-bond donors (Lipinski definition) is 1. The Morgan fingerprint density at radius 2 is 1.83 bits per heavy atom. The highest BCUT2D eigenvalue weighted by atomic mass is 79.9. The van der Waals surface area contributed by atoms with Crippen LogP contribution in [0.4, 0.5) is 0 Å². The second-order valence-corrected chi connectivity index (χ2v) is 6.12. The van der Waals surface area contributed by atoms with Crippen LogP contribution in [0.5, 0.6) is 5.75 Å². The molecule has 4 heteroatoms. The number of ether oxygens (including phenoxy) is 1. The van der Waals surface area contributed by atoms with E-state index in [0.717, 1.165) is 15.8 Å². The molecule has 0 bridgehead atoms. The fourth-order valence-corrected chi connectivity index (χ4v) is 2.41. The molecule has 120 valence electrons. The molecule has 3 nitrogen and oxygen atoms in total. The molecule has 0 heterocycles. The Balaban J connectivity index is 1.99. The summed E-state index contributed by atoms with van der Waals surface area (Å²) in [4.78, 5) is 12.2. The van der Waals surface area contributed by atoms with Gasteiger partial charge in [0, 0.05) is 29.0 Å². The molecule has 2 aromatic carbocycles. The Labute approximate surface area is 144 Å². The number of Topliss-reactive ketones (excluding diaryl/α,β-unsaturated/α-hetero) is 1. The summed E-state index contributed by atoms with van der Waals surface area (Å²) in [5, 5.41) is 9.50. The first kappa shape index (κ1) is 17.4. The van der Waals surface area contributed by atoms with Gasteiger partial charge in [-0.2, -0.15) is 0 Å². The molecular weight excluding hydrogens is 356 g/mol. The Bertz CT molecular complexity index is 660. The number of methoxy groups -OCH3 is 1. The number of benzene rings is 2. The molecule has 0 saturated heterocycles. The summed E-state index contributed by atoms with van der Waals surface area (Å²) in [5.74, 6) is 0.621. The van der Waals surface area contributed by atoms with E-state index >= 15 is 0 Å². The minimum absolute atomic E-state index is 0.0240. The molecule has 0 aliphatic heterocycles. The van der Waals surface area contributed by atoms with E-state index in [4.69, 9.17) is 4.74 Å². The van der Waals surface area contributed by atoms with Gasteiger partial charge >= 0.3 is 0 Å². The van der Waals surface area contributed by atoms with Gasteiger partial charge in [-0.1, -0.05) is 52.3 Å². The molecule has 0 amide bonds. The minimum Gasteiger partial charge on any atom is -0.497 e. The van der Waals surface area contributed by atoms with E-state index in [0.29, 0.717) is 5.56 Å². The third-order valence-electron chi connectivity index (χ3n) is 3.52. The van der Waals surface area contributed by atoms with Crippen LogP contribution in [0.15, 0.2) is 59.1 Å². The van der Waals surface area contributed by atoms with E-state index in [1.54, 1.807) is 19.2 Å². The van der Waals surface area contributed by atoms with E-state index in [-0.39, 0.29) is 24.7 Å². The maximum absolute atomic E-state index is 12.2. The smallest absolute Gasteiger partial charge is 0.163 e. The van der Waals surface area contributed by atoms with Crippen LogP contribution in [0, 0.1) is 5.92 Å². The van der Waals surface area contributed by atoms with Crippen molar-refractivity contribution in [3.63, 3.8) is 0 Å². The lowest BCUT2D eigenvalue weighted by atomic mass is 9.98. The van der Waals surface area contributed by atoms with Crippen molar-refractivity contribution in [1.29, 1.82) is 0 Å². The summed E-state index contributed by atoms with van der Waals surface area (Å²) in [6, 6.07) is 14.9. The highest BCUT2D eigenvalue weighted by Crippen LogP contribution is 2.17. The molecule has 0 spiro atoms. The van der Waals surface area contributed by atoms with Crippen molar-refractivity contribution in [3.8, 4) is 5.75 Å². The summed E-state index contributed by atoms with van der Waals surface area (Å²) >= 11 is 3.35. The Hall–Kier alpha value is -1.91. The Kier molecular flexibility index (Phi) is 6.56. The number of rotatable bonds is 7. The number of hydrogen-bond acceptors (Lipinski definition) is 3. The number of halogens is 1. The van der Waals surface area contributed by atoms with Crippen molar-refractivity contribution in [3.05, 3.63) is 70.2 Å². The first-order valence-corrected chi connectivity index (χ1v) is 8.13. The topological polar surface area (TPSA) is 46.5 Å². The number of carbonyl (C=O) groups excluding carboxylic acids is 1. The molecule has 0 aromatic heterocycles. The molecule has 0 unspecified atom stereocenters. The zero-order chi connectivity index (χ0) is 16.7. The third kappa shape index (κ3) is 5.34. The second kappa shape index (κ2) is 8.65. The highest BCUT2D eigenvalue weighted by Gasteiger charge is 2.12. The fraction of sp³-hybridized carbons (Fsp3) is 0.211. The SMILES string of the molecule is COc1ccc(/C=C/[C@@H](CO)CC(=O)c2ccc(Br)cc2)cc1. The monoisotopic (exact) mass is 374 g/mol. The van der Waals surface area contributed by atoms with Crippen LogP contribution in [-0.2, 0) is 0 Å². The quantitative estimate of drug-likeness (QED) is 0.732. The molecule has 2 rings (SSSR count). The summed E-state index contributed by atoms with van der Waals surface area (Å²) in [5.41, 5.74) is 1.66. The lowest BCUT2D eigenvalue weighted by Gasteiger charge is -2.09.